The minimum absolute atomic E-state index is 0.0541. The zero-order valence-electron chi connectivity index (χ0n) is 10.3. The lowest BCUT2D eigenvalue weighted by Gasteiger charge is -2.24. The summed E-state index contributed by atoms with van der Waals surface area (Å²) in [7, 11) is 3.82. The number of hydrogen-bond acceptors (Lipinski definition) is 3. The van der Waals surface area contributed by atoms with E-state index >= 15 is 0 Å². The zero-order chi connectivity index (χ0) is 11.8. The third-order valence-electron chi connectivity index (χ3n) is 2.50. The molecule has 0 aliphatic heterocycles. The van der Waals surface area contributed by atoms with Crippen molar-refractivity contribution in [1.29, 1.82) is 0 Å². The van der Waals surface area contributed by atoms with Crippen LogP contribution < -0.4 is 5.32 Å². The van der Waals surface area contributed by atoms with E-state index in [0.717, 1.165) is 19.3 Å². The molecule has 2 atom stereocenters. The summed E-state index contributed by atoms with van der Waals surface area (Å²) in [6.07, 6.45) is 2.37. The number of hydrogen-bond donors (Lipinski definition) is 2. The fraction of sp³-hybridized carbons (Fsp3) is 0.909. The first kappa shape index (κ1) is 14.4. The summed E-state index contributed by atoms with van der Waals surface area (Å²) in [6.45, 7) is 4.16. The summed E-state index contributed by atoms with van der Waals surface area (Å²) >= 11 is 0. The first-order valence-corrected chi connectivity index (χ1v) is 5.60. The minimum atomic E-state index is -0.0541. The smallest absolute Gasteiger partial charge is 0.237 e. The Bertz CT molecular complexity index is 183. The standard InChI is InChI=1S/C11H24N2O2/c1-5-10(13(3)4)11(15)12-9(2)7-6-8-14/h9-10,14H,5-8H2,1-4H3,(H,12,15). The van der Waals surface area contributed by atoms with Crippen LogP contribution in [0.1, 0.15) is 33.1 Å². The van der Waals surface area contributed by atoms with Gasteiger partial charge in [0.15, 0.2) is 0 Å². The molecule has 0 aliphatic carbocycles. The molecule has 2 unspecified atom stereocenters. The molecule has 0 aromatic rings. The highest BCUT2D eigenvalue weighted by Crippen LogP contribution is 2.01. The monoisotopic (exact) mass is 216 g/mol. The SMILES string of the molecule is CCC(C(=O)NC(C)CCCO)N(C)C. The lowest BCUT2D eigenvalue weighted by atomic mass is 10.1. The van der Waals surface area contributed by atoms with Crippen LogP contribution in [-0.4, -0.2) is 48.7 Å². The average Bonchev–Trinajstić information content (AvgIpc) is 2.15. The molecule has 2 N–H and O–H groups in total. The van der Waals surface area contributed by atoms with E-state index in [1.807, 2.05) is 32.8 Å². The summed E-state index contributed by atoms with van der Waals surface area (Å²) < 4.78 is 0. The van der Waals surface area contributed by atoms with Gasteiger partial charge in [-0.2, -0.15) is 0 Å². The van der Waals surface area contributed by atoms with Crippen LogP contribution in [-0.2, 0) is 4.79 Å². The highest BCUT2D eigenvalue weighted by atomic mass is 16.3. The second kappa shape index (κ2) is 7.65. The Morgan fingerprint density at radius 1 is 1.47 bits per heavy atom. The number of nitrogens with one attached hydrogen (secondary N) is 1. The third kappa shape index (κ3) is 5.74. The second-order valence-electron chi connectivity index (χ2n) is 4.16. The lowest BCUT2D eigenvalue weighted by Crippen LogP contribution is -2.46. The molecular weight excluding hydrogens is 192 g/mol. The molecule has 0 heterocycles. The van der Waals surface area contributed by atoms with E-state index in [2.05, 4.69) is 5.32 Å². The molecule has 0 spiro atoms. The molecule has 0 saturated carbocycles. The molecule has 0 saturated heterocycles. The lowest BCUT2D eigenvalue weighted by molar-refractivity contribution is -0.126. The van der Waals surface area contributed by atoms with Crippen LogP contribution in [0.15, 0.2) is 0 Å². The average molecular weight is 216 g/mol. The number of amides is 1. The molecule has 4 nitrogen and oxygen atoms in total. The van der Waals surface area contributed by atoms with Crippen molar-refractivity contribution in [2.45, 2.75) is 45.2 Å². The Labute approximate surface area is 92.7 Å². The number of aliphatic hydroxyl groups excluding tert-OH is 1. The molecular formula is C11H24N2O2. The maximum absolute atomic E-state index is 11.8. The number of carbonyl (C=O) groups is 1. The van der Waals surface area contributed by atoms with Crippen LogP contribution in [0.5, 0.6) is 0 Å². The predicted molar refractivity (Wildman–Crippen MR) is 61.7 cm³/mol. The molecule has 0 radical (unpaired) electrons. The van der Waals surface area contributed by atoms with Crippen LogP contribution in [0.25, 0.3) is 0 Å². The number of aliphatic hydroxyl groups is 1. The molecule has 0 aromatic heterocycles. The summed E-state index contributed by atoms with van der Waals surface area (Å²) in [6, 6.07) is 0.0835. The van der Waals surface area contributed by atoms with Crippen molar-refractivity contribution < 1.29 is 9.90 Å². The quantitative estimate of drug-likeness (QED) is 0.655. The number of nitrogens with zero attached hydrogens (tertiary/aromatic N) is 1. The van der Waals surface area contributed by atoms with Crippen LogP contribution in [0, 0.1) is 0 Å². The van der Waals surface area contributed by atoms with Crippen LogP contribution in [0.3, 0.4) is 0 Å². The number of carbonyl (C=O) groups excluding carboxylic acids is 1. The van der Waals surface area contributed by atoms with E-state index in [1.54, 1.807) is 0 Å². The fourth-order valence-electron chi connectivity index (χ4n) is 1.59. The van der Waals surface area contributed by atoms with Gasteiger partial charge in [-0.1, -0.05) is 6.92 Å². The van der Waals surface area contributed by atoms with Gasteiger partial charge in [0, 0.05) is 12.6 Å². The Balaban J connectivity index is 3.98. The topological polar surface area (TPSA) is 52.6 Å². The fourth-order valence-corrected chi connectivity index (χ4v) is 1.59. The Kier molecular flexibility index (Phi) is 7.34. The Morgan fingerprint density at radius 3 is 2.47 bits per heavy atom. The van der Waals surface area contributed by atoms with Crippen molar-refractivity contribution in [1.82, 2.24) is 10.2 Å². The summed E-state index contributed by atoms with van der Waals surface area (Å²) in [5.74, 6) is 0.0768. The van der Waals surface area contributed by atoms with Crippen molar-refractivity contribution >= 4 is 5.91 Å². The van der Waals surface area contributed by atoms with E-state index in [1.165, 1.54) is 0 Å². The molecule has 1 amide bonds. The van der Waals surface area contributed by atoms with Crippen LogP contribution in [0.4, 0.5) is 0 Å². The molecule has 0 aliphatic rings. The molecule has 15 heavy (non-hydrogen) atoms. The van der Waals surface area contributed by atoms with Gasteiger partial charge < -0.3 is 10.4 Å². The van der Waals surface area contributed by atoms with Crippen molar-refractivity contribution in [3.05, 3.63) is 0 Å². The normalized spacial score (nSPS) is 15.1. The van der Waals surface area contributed by atoms with Gasteiger partial charge in [-0.15, -0.1) is 0 Å². The first-order valence-electron chi connectivity index (χ1n) is 5.60. The number of likely N-dealkylation sites (N-methyl/N-ethyl adjacent to an activating group) is 1. The zero-order valence-corrected chi connectivity index (χ0v) is 10.3. The third-order valence-corrected chi connectivity index (χ3v) is 2.50. The van der Waals surface area contributed by atoms with Crippen molar-refractivity contribution in [2.24, 2.45) is 0 Å². The van der Waals surface area contributed by atoms with E-state index in [-0.39, 0.29) is 24.6 Å². The van der Waals surface area contributed by atoms with Gasteiger partial charge in [-0.3, -0.25) is 9.69 Å². The minimum Gasteiger partial charge on any atom is -0.396 e. The van der Waals surface area contributed by atoms with Crippen molar-refractivity contribution in [2.75, 3.05) is 20.7 Å². The van der Waals surface area contributed by atoms with E-state index < -0.39 is 0 Å². The molecule has 4 heteroatoms. The van der Waals surface area contributed by atoms with Gasteiger partial charge >= 0.3 is 0 Å². The molecule has 0 fully saturated rings. The van der Waals surface area contributed by atoms with E-state index in [9.17, 15) is 4.79 Å². The predicted octanol–water partition coefficient (Wildman–Crippen LogP) is 0.604. The second-order valence-corrected chi connectivity index (χ2v) is 4.16. The highest BCUT2D eigenvalue weighted by molar-refractivity contribution is 5.81. The summed E-state index contributed by atoms with van der Waals surface area (Å²) in [5, 5.41) is 11.6. The Hall–Kier alpha value is -0.610. The van der Waals surface area contributed by atoms with Gasteiger partial charge in [0.25, 0.3) is 0 Å². The maximum Gasteiger partial charge on any atom is 0.237 e. The summed E-state index contributed by atoms with van der Waals surface area (Å²) in [4.78, 5) is 13.7. The molecule has 90 valence electrons. The van der Waals surface area contributed by atoms with Crippen molar-refractivity contribution in [3.63, 3.8) is 0 Å². The summed E-state index contributed by atoms with van der Waals surface area (Å²) in [5.41, 5.74) is 0. The van der Waals surface area contributed by atoms with Gasteiger partial charge in [0.2, 0.25) is 5.91 Å². The Morgan fingerprint density at radius 2 is 2.07 bits per heavy atom. The van der Waals surface area contributed by atoms with Gasteiger partial charge in [-0.25, -0.2) is 0 Å². The molecule has 0 aromatic carbocycles. The van der Waals surface area contributed by atoms with Gasteiger partial charge in [0.05, 0.1) is 6.04 Å². The maximum atomic E-state index is 11.8. The van der Waals surface area contributed by atoms with Gasteiger partial charge in [-0.05, 0) is 40.3 Å². The number of rotatable bonds is 7. The molecule has 0 rings (SSSR count). The van der Waals surface area contributed by atoms with Gasteiger partial charge in [0.1, 0.15) is 0 Å². The largest absolute Gasteiger partial charge is 0.396 e. The van der Waals surface area contributed by atoms with Crippen LogP contribution in [0.2, 0.25) is 0 Å². The van der Waals surface area contributed by atoms with Crippen molar-refractivity contribution in [3.8, 4) is 0 Å². The first-order chi connectivity index (χ1) is 7.02. The van der Waals surface area contributed by atoms with E-state index in [0.29, 0.717) is 0 Å². The van der Waals surface area contributed by atoms with Crippen LogP contribution >= 0.6 is 0 Å². The molecule has 0 bridgehead atoms. The van der Waals surface area contributed by atoms with E-state index in [4.69, 9.17) is 5.11 Å². The highest BCUT2D eigenvalue weighted by Gasteiger charge is 2.19.